The fourth-order valence-electron chi connectivity index (χ4n) is 3.70. The Morgan fingerprint density at radius 3 is 2.16 bits per heavy atom. The first-order valence-corrected chi connectivity index (χ1v) is 13.8. The Hall–Kier alpha value is -3.08. The van der Waals surface area contributed by atoms with Crippen LogP contribution in [0.15, 0.2) is 48.5 Å². The predicted molar refractivity (Wildman–Crippen MR) is 137 cm³/mol. The second-order valence-electron chi connectivity index (χ2n) is 9.07. The Morgan fingerprint density at radius 2 is 1.65 bits per heavy atom. The Morgan fingerprint density at radius 1 is 1.03 bits per heavy atom. The van der Waals surface area contributed by atoms with Gasteiger partial charge in [-0.25, -0.2) is 8.42 Å². The van der Waals surface area contributed by atoms with E-state index in [-0.39, 0.29) is 30.6 Å². The average Bonchev–Trinajstić information content (AvgIpc) is 2.82. The fraction of sp³-hybridized carbons (Fsp3) is 0.462. The average molecular weight is 542 g/mol. The smallest absolute Gasteiger partial charge is 0.352 e. The lowest BCUT2D eigenvalue weighted by Gasteiger charge is -2.33. The van der Waals surface area contributed by atoms with Crippen LogP contribution < -0.4 is 9.62 Å². The third kappa shape index (κ3) is 8.48. The molecule has 37 heavy (non-hydrogen) atoms. The van der Waals surface area contributed by atoms with Crippen LogP contribution in [-0.2, 0) is 32.3 Å². The highest BCUT2D eigenvalue weighted by Gasteiger charge is 2.34. The molecular formula is C26H34F3N3O4S. The molecule has 0 aliphatic carbocycles. The molecule has 1 N–H and O–H groups in total. The van der Waals surface area contributed by atoms with Crippen LogP contribution in [0.2, 0.25) is 0 Å². The molecule has 0 aliphatic rings. The summed E-state index contributed by atoms with van der Waals surface area (Å²) in [5, 5.41) is 2.86. The van der Waals surface area contributed by atoms with Crippen molar-refractivity contribution in [1.29, 1.82) is 0 Å². The second kappa shape index (κ2) is 12.4. The van der Waals surface area contributed by atoms with Crippen LogP contribution in [0.5, 0.6) is 0 Å². The van der Waals surface area contributed by atoms with Crippen LogP contribution >= 0.6 is 0 Å². The highest BCUT2D eigenvalue weighted by molar-refractivity contribution is 7.92. The van der Waals surface area contributed by atoms with Gasteiger partial charge < -0.3 is 10.2 Å². The van der Waals surface area contributed by atoms with Crippen molar-refractivity contribution in [1.82, 2.24) is 10.2 Å². The van der Waals surface area contributed by atoms with Crippen LogP contribution in [0.3, 0.4) is 0 Å². The number of anilines is 1. The number of hydrogen-bond donors (Lipinski definition) is 1. The van der Waals surface area contributed by atoms with Crippen LogP contribution in [-0.4, -0.2) is 50.0 Å². The topological polar surface area (TPSA) is 86.8 Å². The van der Waals surface area contributed by atoms with Gasteiger partial charge in [-0.1, -0.05) is 49.7 Å². The van der Waals surface area contributed by atoms with E-state index in [9.17, 15) is 31.2 Å². The maximum absolute atomic E-state index is 13.6. The molecule has 2 aromatic rings. The SMILES string of the molecule is CC[C@H](C)NC(=O)[C@H](CC)N(Cc1ccc(C)cc1)C(=O)CN(c1cccc(C(F)(F)F)c1)S(C)(=O)=O. The molecule has 2 amide bonds. The summed E-state index contributed by atoms with van der Waals surface area (Å²) in [6.07, 6.45) is -2.95. The van der Waals surface area contributed by atoms with Gasteiger partial charge >= 0.3 is 6.18 Å². The van der Waals surface area contributed by atoms with E-state index in [1.165, 1.54) is 11.0 Å². The molecule has 0 aromatic heterocycles. The van der Waals surface area contributed by atoms with E-state index in [1.807, 2.05) is 32.9 Å². The third-order valence-electron chi connectivity index (χ3n) is 6.00. The monoisotopic (exact) mass is 541 g/mol. The minimum Gasteiger partial charge on any atom is -0.352 e. The van der Waals surface area contributed by atoms with Crippen molar-refractivity contribution < 1.29 is 31.2 Å². The van der Waals surface area contributed by atoms with Gasteiger partial charge in [-0.15, -0.1) is 0 Å². The molecule has 0 saturated heterocycles. The normalized spacial score (nSPS) is 13.5. The van der Waals surface area contributed by atoms with E-state index in [1.54, 1.807) is 19.1 Å². The molecule has 0 saturated carbocycles. The highest BCUT2D eigenvalue weighted by atomic mass is 32.2. The molecule has 0 radical (unpaired) electrons. The van der Waals surface area contributed by atoms with E-state index in [0.717, 1.165) is 29.5 Å². The Balaban J connectivity index is 2.48. The molecule has 0 unspecified atom stereocenters. The Kier molecular flexibility index (Phi) is 10.1. The zero-order valence-corrected chi connectivity index (χ0v) is 22.5. The third-order valence-corrected chi connectivity index (χ3v) is 7.14. The molecule has 204 valence electrons. The van der Waals surface area contributed by atoms with Crippen molar-refractivity contribution in [3.63, 3.8) is 0 Å². The summed E-state index contributed by atoms with van der Waals surface area (Å²) in [4.78, 5) is 28.0. The number of nitrogens with zero attached hydrogens (tertiary/aromatic N) is 2. The van der Waals surface area contributed by atoms with Crippen LogP contribution in [0.25, 0.3) is 0 Å². The van der Waals surface area contributed by atoms with Gasteiger partial charge in [-0.05, 0) is 50.5 Å². The molecule has 2 atom stereocenters. The van der Waals surface area contributed by atoms with Gasteiger partial charge in [0.2, 0.25) is 21.8 Å². The van der Waals surface area contributed by atoms with Crippen molar-refractivity contribution in [3.05, 3.63) is 65.2 Å². The summed E-state index contributed by atoms with van der Waals surface area (Å²) in [5.74, 6) is -1.10. The Bertz CT molecular complexity index is 1180. The van der Waals surface area contributed by atoms with Crippen LogP contribution in [0.1, 0.15) is 50.3 Å². The maximum atomic E-state index is 13.6. The first-order chi connectivity index (χ1) is 17.2. The number of benzene rings is 2. The van der Waals surface area contributed by atoms with Crippen molar-refractivity contribution in [3.8, 4) is 0 Å². The lowest BCUT2D eigenvalue weighted by molar-refractivity contribution is -0.140. The minimum absolute atomic E-state index is 0.0196. The van der Waals surface area contributed by atoms with Gasteiger partial charge in [0, 0.05) is 12.6 Å². The maximum Gasteiger partial charge on any atom is 0.416 e. The molecule has 2 rings (SSSR count). The predicted octanol–water partition coefficient (Wildman–Crippen LogP) is 4.50. The summed E-state index contributed by atoms with van der Waals surface area (Å²) in [6, 6.07) is 10.0. The lowest BCUT2D eigenvalue weighted by Crippen LogP contribution is -2.53. The summed E-state index contributed by atoms with van der Waals surface area (Å²) in [5.41, 5.74) is 0.384. The number of nitrogens with one attached hydrogen (secondary N) is 1. The van der Waals surface area contributed by atoms with E-state index < -0.39 is 40.3 Å². The first-order valence-electron chi connectivity index (χ1n) is 12.0. The minimum atomic E-state index is -4.69. The van der Waals surface area contributed by atoms with Crippen LogP contribution in [0.4, 0.5) is 18.9 Å². The summed E-state index contributed by atoms with van der Waals surface area (Å²) in [7, 11) is -4.14. The lowest BCUT2D eigenvalue weighted by atomic mass is 10.1. The molecular weight excluding hydrogens is 507 g/mol. The van der Waals surface area contributed by atoms with Gasteiger partial charge in [0.05, 0.1) is 17.5 Å². The van der Waals surface area contributed by atoms with Gasteiger partial charge in [-0.2, -0.15) is 13.2 Å². The summed E-state index contributed by atoms with van der Waals surface area (Å²) < 4.78 is 65.7. The zero-order chi connectivity index (χ0) is 28.0. The van der Waals surface area contributed by atoms with E-state index in [2.05, 4.69) is 5.32 Å². The number of aryl methyl sites for hydroxylation is 1. The number of amides is 2. The molecule has 0 aliphatic heterocycles. The summed E-state index contributed by atoms with van der Waals surface area (Å²) >= 11 is 0. The standard InChI is InChI=1S/C26H34F3N3O4S/c1-6-19(4)30-25(34)23(7-2)31(16-20-13-11-18(3)12-14-20)24(33)17-32(37(5,35)36)22-10-8-9-21(15-22)26(27,28)29/h8-15,19,23H,6-7,16-17H2,1-5H3,(H,30,34)/t19-,23-/m0/s1. The zero-order valence-electron chi connectivity index (χ0n) is 21.7. The van der Waals surface area contributed by atoms with Crippen molar-refractivity contribution >= 4 is 27.5 Å². The number of rotatable bonds is 11. The molecule has 7 nitrogen and oxygen atoms in total. The molecule has 0 spiro atoms. The van der Waals surface area contributed by atoms with E-state index in [0.29, 0.717) is 16.8 Å². The number of carbonyl (C=O) groups is 2. The fourth-order valence-corrected chi connectivity index (χ4v) is 4.54. The molecule has 0 heterocycles. The molecule has 0 bridgehead atoms. The van der Waals surface area contributed by atoms with Gasteiger partial charge in [-0.3, -0.25) is 13.9 Å². The van der Waals surface area contributed by atoms with Gasteiger partial charge in [0.25, 0.3) is 0 Å². The quantitative estimate of drug-likeness (QED) is 0.454. The Labute approximate surface area is 216 Å². The number of carbonyl (C=O) groups excluding carboxylic acids is 2. The number of halogens is 3. The number of sulfonamides is 1. The van der Waals surface area contributed by atoms with Crippen molar-refractivity contribution in [2.45, 2.75) is 65.3 Å². The van der Waals surface area contributed by atoms with Crippen LogP contribution in [0, 0.1) is 6.92 Å². The van der Waals surface area contributed by atoms with Gasteiger partial charge in [0.15, 0.2) is 0 Å². The van der Waals surface area contributed by atoms with E-state index in [4.69, 9.17) is 0 Å². The number of hydrogen-bond acceptors (Lipinski definition) is 4. The summed E-state index contributed by atoms with van der Waals surface area (Å²) in [6.45, 7) is 6.62. The highest BCUT2D eigenvalue weighted by Crippen LogP contribution is 2.32. The first kappa shape index (κ1) is 30.1. The number of alkyl halides is 3. The second-order valence-corrected chi connectivity index (χ2v) is 11.0. The van der Waals surface area contributed by atoms with Crippen molar-refractivity contribution in [2.75, 3.05) is 17.1 Å². The largest absolute Gasteiger partial charge is 0.416 e. The molecule has 2 aromatic carbocycles. The van der Waals surface area contributed by atoms with E-state index >= 15 is 0 Å². The van der Waals surface area contributed by atoms with Crippen molar-refractivity contribution in [2.24, 2.45) is 0 Å². The molecule has 11 heteroatoms. The molecule has 0 fully saturated rings. The van der Waals surface area contributed by atoms with Gasteiger partial charge in [0.1, 0.15) is 12.6 Å².